The van der Waals surface area contributed by atoms with Crippen molar-refractivity contribution < 1.29 is 9.72 Å². The zero-order valence-corrected chi connectivity index (χ0v) is 17.1. The summed E-state index contributed by atoms with van der Waals surface area (Å²) in [5.74, 6) is -1.01. The average molecular weight is 436 g/mol. The summed E-state index contributed by atoms with van der Waals surface area (Å²) in [5.41, 5.74) is 3.25. The lowest BCUT2D eigenvalue weighted by molar-refractivity contribution is -0.384. The Balaban J connectivity index is 1.61. The number of carbonyl (C=O) groups is 1. The van der Waals surface area contributed by atoms with E-state index >= 15 is 0 Å². The van der Waals surface area contributed by atoms with Gasteiger partial charge >= 0.3 is 0 Å². The molecule has 1 N–H and O–H groups in total. The number of H-pyrrole nitrogens is 1. The third-order valence-corrected chi connectivity index (χ3v) is 6.31. The molecule has 8 heteroatoms. The lowest BCUT2D eigenvalue weighted by Gasteiger charge is -2.26. The number of benzene rings is 3. The lowest BCUT2D eigenvalue weighted by atomic mass is 9.77. The standard InChI is InChI=1S/C25H16N4O4/c30-23-18-9-5-4-8-17(18)22-20(23)19(14-10-12-16(13-11-14)29(32)33)21-24(26-22)27-28(25(21)31)15-6-2-1-3-7-15/h1-13,19-20,27H. The summed E-state index contributed by atoms with van der Waals surface area (Å²) >= 11 is 0. The number of non-ortho nitro benzene ring substituents is 1. The molecule has 2 heterocycles. The van der Waals surface area contributed by atoms with Gasteiger partial charge in [0.05, 0.1) is 27.8 Å². The van der Waals surface area contributed by atoms with Gasteiger partial charge in [0, 0.05) is 29.2 Å². The van der Waals surface area contributed by atoms with Crippen LogP contribution in [0, 0.1) is 16.0 Å². The summed E-state index contributed by atoms with van der Waals surface area (Å²) in [7, 11) is 0. The zero-order valence-electron chi connectivity index (χ0n) is 17.1. The summed E-state index contributed by atoms with van der Waals surface area (Å²) in [5, 5.41) is 14.3. The normalized spacial score (nSPS) is 18.3. The summed E-state index contributed by atoms with van der Waals surface area (Å²) in [4.78, 5) is 42.5. The number of aromatic nitrogens is 2. The van der Waals surface area contributed by atoms with Gasteiger partial charge in [0.1, 0.15) is 0 Å². The molecule has 0 bridgehead atoms. The maximum absolute atomic E-state index is 13.6. The summed E-state index contributed by atoms with van der Waals surface area (Å²) in [6, 6.07) is 22.4. The fourth-order valence-electron chi connectivity index (χ4n) is 4.83. The summed E-state index contributed by atoms with van der Waals surface area (Å²) < 4.78 is 1.42. The number of aromatic amines is 1. The van der Waals surface area contributed by atoms with Crippen LogP contribution in [0.5, 0.6) is 0 Å². The first kappa shape index (κ1) is 19.1. The first-order valence-electron chi connectivity index (χ1n) is 10.4. The number of ketones is 1. The van der Waals surface area contributed by atoms with Crippen LogP contribution in [0.4, 0.5) is 11.5 Å². The Hall–Kier alpha value is -4.59. The van der Waals surface area contributed by atoms with Gasteiger partial charge in [0.25, 0.3) is 11.2 Å². The molecule has 3 aromatic carbocycles. The van der Waals surface area contributed by atoms with Crippen LogP contribution in [0.15, 0.2) is 88.6 Å². The van der Waals surface area contributed by atoms with Crippen molar-refractivity contribution in [3.8, 4) is 5.69 Å². The third-order valence-electron chi connectivity index (χ3n) is 6.31. The molecule has 8 nitrogen and oxygen atoms in total. The Kier molecular flexibility index (Phi) is 4.03. The van der Waals surface area contributed by atoms with E-state index in [9.17, 15) is 19.7 Å². The van der Waals surface area contributed by atoms with Crippen molar-refractivity contribution in [2.75, 3.05) is 0 Å². The topological polar surface area (TPSA) is 110 Å². The van der Waals surface area contributed by atoms with E-state index in [1.54, 1.807) is 36.4 Å². The monoisotopic (exact) mass is 436 g/mol. The van der Waals surface area contributed by atoms with Gasteiger partial charge in [-0.15, -0.1) is 0 Å². The van der Waals surface area contributed by atoms with Crippen LogP contribution < -0.4 is 5.56 Å². The second kappa shape index (κ2) is 6.96. The molecule has 33 heavy (non-hydrogen) atoms. The van der Waals surface area contributed by atoms with E-state index in [2.05, 4.69) is 5.10 Å². The largest absolute Gasteiger partial charge is 0.293 e. The molecular formula is C25H16N4O4. The van der Waals surface area contributed by atoms with Gasteiger partial charge in [-0.3, -0.25) is 24.8 Å². The van der Waals surface area contributed by atoms with E-state index in [0.29, 0.717) is 33.9 Å². The number of aliphatic imine (C=N–C) groups is 1. The molecular weight excluding hydrogens is 420 g/mol. The van der Waals surface area contributed by atoms with Crippen molar-refractivity contribution >= 4 is 23.0 Å². The molecule has 2 atom stereocenters. The van der Waals surface area contributed by atoms with Crippen LogP contribution in [0.1, 0.15) is 33.0 Å². The maximum Gasteiger partial charge on any atom is 0.277 e. The van der Waals surface area contributed by atoms with Crippen LogP contribution in [0.2, 0.25) is 0 Å². The Morgan fingerprint density at radius 2 is 1.52 bits per heavy atom. The molecule has 2 unspecified atom stereocenters. The number of nitrogens with zero attached hydrogens (tertiary/aromatic N) is 3. The molecule has 4 aromatic rings. The highest BCUT2D eigenvalue weighted by molar-refractivity contribution is 6.30. The van der Waals surface area contributed by atoms with Crippen LogP contribution in [0.25, 0.3) is 5.69 Å². The molecule has 0 amide bonds. The molecule has 0 saturated heterocycles. The van der Waals surface area contributed by atoms with Gasteiger partial charge in [-0.25, -0.2) is 9.67 Å². The summed E-state index contributed by atoms with van der Waals surface area (Å²) in [6.07, 6.45) is 0. The number of nitrogens with one attached hydrogen (secondary N) is 1. The van der Waals surface area contributed by atoms with Crippen molar-refractivity contribution in [3.63, 3.8) is 0 Å². The number of rotatable bonds is 3. The van der Waals surface area contributed by atoms with Crippen molar-refractivity contribution in [3.05, 3.63) is 122 Å². The fourth-order valence-corrected chi connectivity index (χ4v) is 4.83. The first-order chi connectivity index (χ1) is 16.0. The molecule has 0 saturated carbocycles. The zero-order chi connectivity index (χ0) is 22.7. The van der Waals surface area contributed by atoms with Crippen LogP contribution in [-0.4, -0.2) is 26.2 Å². The van der Waals surface area contributed by atoms with Gasteiger partial charge in [-0.2, -0.15) is 0 Å². The Morgan fingerprint density at radius 3 is 2.21 bits per heavy atom. The van der Waals surface area contributed by atoms with E-state index < -0.39 is 16.8 Å². The molecule has 1 aromatic heterocycles. The van der Waals surface area contributed by atoms with Crippen molar-refractivity contribution in [1.82, 2.24) is 9.78 Å². The minimum absolute atomic E-state index is 0.0551. The molecule has 0 fully saturated rings. The van der Waals surface area contributed by atoms with E-state index in [1.165, 1.54) is 16.8 Å². The van der Waals surface area contributed by atoms with Gasteiger partial charge in [-0.05, 0) is 17.7 Å². The SMILES string of the molecule is O=C1c2ccccc2C2=Nc3[nH]n(-c4ccccc4)c(=O)c3C(c3ccc([N+](=O)[O-])cc3)C12. The van der Waals surface area contributed by atoms with Crippen LogP contribution in [0.3, 0.4) is 0 Å². The molecule has 1 aliphatic carbocycles. The molecule has 1 aliphatic heterocycles. The number of hydrogen-bond acceptors (Lipinski definition) is 5. The first-order valence-corrected chi connectivity index (χ1v) is 10.4. The molecule has 6 rings (SSSR count). The maximum atomic E-state index is 13.6. The fraction of sp³-hybridized carbons (Fsp3) is 0.0800. The van der Waals surface area contributed by atoms with Crippen LogP contribution >= 0.6 is 0 Å². The number of fused-ring (bicyclic) bond motifs is 4. The highest BCUT2D eigenvalue weighted by atomic mass is 16.6. The number of hydrogen-bond donors (Lipinski definition) is 1. The smallest absolute Gasteiger partial charge is 0.277 e. The number of carbonyl (C=O) groups excluding carboxylic acids is 1. The van der Waals surface area contributed by atoms with E-state index in [1.807, 2.05) is 30.3 Å². The molecule has 160 valence electrons. The highest BCUT2D eigenvalue weighted by Crippen LogP contribution is 2.46. The Labute approximate surface area is 187 Å². The van der Waals surface area contributed by atoms with Crippen molar-refractivity contribution in [1.29, 1.82) is 0 Å². The Bertz CT molecular complexity index is 1530. The van der Waals surface area contributed by atoms with E-state index in [-0.39, 0.29) is 17.0 Å². The van der Waals surface area contributed by atoms with Crippen LogP contribution in [-0.2, 0) is 0 Å². The lowest BCUT2D eigenvalue weighted by Crippen LogP contribution is -2.31. The van der Waals surface area contributed by atoms with Crippen molar-refractivity contribution in [2.24, 2.45) is 10.9 Å². The number of Topliss-reactive ketones (excluding diaryl/α,β-unsaturated/α-hetero) is 1. The Morgan fingerprint density at radius 1 is 0.848 bits per heavy atom. The summed E-state index contributed by atoms with van der Waals surface area (Å²) in [6.45, 7) is 0. The molecule has 0 spiro atoms. The average Bonchev–Trinajstić information content (AvgIpc) is 3.33. The van der Waals surface area contributed by atoms with Gasteiger partial charge in [-0.1, -0.05) is 54.6 Å². The molecule has 0 radical (unpaired) electrons. The minimum atomic E-state index is -0.677. The predicted octanol–water partition coefficient (Wildman–Crippen LogP) is 4.15. The number of para-hydroxylation sites is 1. The van der Waals surface area contributed by atoms with E-state index in [0.717, 1.165) is 5.56 Å². The second-order valence-corrected chi connectivity index (χ2v) is 8.06. The van der Waals surface area contributed by atoms with Crippen molar-refractivity contribution in [2.45, 2.75) is 5.92 Å². The number of nitro groups is 1. The van der Waals surface area contributed by atoms with Gasteiger partial charge in [0.15, 0.2) is 11.6 Å². The quantitative estimate of drug-likeness (QED) is 0.384. The minimum Gasteiger partial charge on any atom is -0.293 e. The number of nitro benzene ring substituents is 1. The molecule has 2 aliphatic rings. The van der Waals surface area contributed by atoms with Gasteiger partial charge < -0.3 is 0 Å². The highest BCUT2D eigenvalue weighted by Gasteiger charge is 2.47. The van der Waals surface area contributed by atoms with Gasteiger partial charge in [0.2, 0.25) is 0 Å². The second-order valence-electron chi connectivity index (χ2n) is 8.06. The predicted molar refractivity (Wildman–Crippen MR) is 122 cm³/mol. The third kappa shape index (κ3) is 2.74. The van der Waals surface area contributed by atoms with E-state index in [4.69, 9.17) is 4.99 Å².